The summed E-state index contributed by atoms with van der Waals surface area (Å²) in [6, 6.07) is 7.48. The highest BCUT2D eigenvalue weighted by atomic mass is 16.5. The van der Waals surface area contributed by atoms with E-state index in [-0.39, 0.29) is 5.91 Å². The van der Waals surface area contributed by atoms with Crippen LogP contribution in [0.1, 0.15) is 35.0 Å². The first-order valence-electron chi connectivity index (χ1n) is 6.73. The van der Waals surface area contributed by atoms with Crippen LogP contribution in [0.15, 0.2) is 35.0 Å². The van der Waals surface area contributed by atoms with Gasteiger partial charge in [-0.3, -0.25) is 4.79 Å². The van der Waals surface area contributed by atoms with Crippen molar-refractivity contribution in [1.82, 2.24) is 10.5 Å². The van der Waals surface area contributed by atoms with Gasteiger partial charge in [-0.05, 0) is 31.0 Å². The Kier molecular flexibility index (Phi) is 4.76. The molecule has 0 saturated heterocycles. The van der Waals surface area contributed by atoms with E-state index >= 15 is 0 Å². The molecule has 2 N–H and O–H groups in total. The monoisotopic (exact) mass is 273 g/mol. The number of hydrogen-bond donors (Lipinski definition) is 2. The van der Waals surface area contributed by atoms with E-state index in [9.17, 15) is 4.79 Å². The minimum Gasteiger partial charge on any atom is -0.384 e. The quantitative estimate of drug-likeness (QED) is 0.849. The zero-order chi connectivity index (χ0) is 14.4. The van der Waals surface area contributed by atoms with Gasteiger partial charge in [-0.1, -0.05) is 18.1 Å². The number of nitrogens with one attached hydrogen (secondary N) is 2. The van der Waals surface area contributed by atoms with Crippen LogP contribution in [-0.2, 0) is 6.54 Å². The van der Waals surface area contributed by atoms with Crippen LogP contribution < -0.4 is 10.6 Å². The maximum atomic E-state index is 12.2. The highest BCUT2D eigenvalue weighted by Crippen LogP contribution is 2.17. The van der Waals surface area contributed by atoms with Crippen LogP contribution in [-0.4, -0.2) is 17.6 Å². The molecule has 2 aromatic rings. The summed E-state index contributed by atoms with van der Waals surface area (Å²) in [6.45, 7) is 5.27. The lowest BCUT2D eigenvalue weighted by molar-refractivity contribution is 0.0948. The summed E-state index contributed by atoms with van der Waals surface area (Å²) in [5.74, 6) is 0.508. The number of carbonyl (C=O) groups is 1. The summed E-state index contributed by atoms with van der Waals surface area (Å²) in [7, 11) is 0. The summed E-state index contributed by atoms with van der Waals surface area (Å²) in [4.78, 5) is 12.2. The van der Waals surface area contributed by atoms with Crippen molar-refractivity contribution in [2.24, 2.45) is 0 Å². The van der Waals surface area contributed by atoms with Gasteiger partial charge in [0.1, 0.15) is 0 Å². The SMILES string of the molecule is CCCNc1cc(C)ccc1C(=O)NCc1ccno1. The molecular formula is C15H19N3O2. The Morgan fingerprint density at radius 1 is 1.35 bits per heavy atom. The molecule has 2 rings (SSSR count). The molecule has 0 spiro atoms. The van der Waals surface area contributed by atoms with Crippen LogP contribution in [0, 0.1) is 6.92 Å². The number of aryl methyl sites for hydroxylation is 1. The topological polar surface area (TPSA) is 67.2 Å². The molecular weight excluding hydrogens is 254 g/mol. The highest BCUT2D eigenvalue weighted by Gasteiger charge is 2.11. The predicted molar refractivity (Wildman–Crippen MR) is 77.6 cm³/mol. The average molecular weight is 273 g/mol. The minimum absolute atomic E-state index is 0.125. The molecule has 0 aliphatic heterocycles. The van der Waals surface area contributed by atoms with Gasteiger partial charge < -0.3 is 15.2 Å². The molecule has 106 valence electrons. The van der Waals surface area contributed by atoms with Gasteiger partial charge in [0, 0.05) is 18.3 Å². The van der Waals surface area contributed by atoms with E-state index in [2.05, 4.69) is 22.7 Å². The molecule has 1 heterocycles. The van der Waals surface area contributed by atoms with Crippen molar-refractivity contribution in [3.63, 3.8) is 0 Å². The standard InChI is InChI=1S/C15H19N3O2/c1-3-7-16-14-9-11(2)4-5-13(14)15(19)17-10-12-6-8-18-20-12/h4-6,8-9,16H,3,7,10H2,1-2H3,(H,17,19). The van der Waals surface area contributed by atoms with Crippen LogP contribution in [0.25, 0.3) is 0 Å². The molecule has 0 aliphatic carbocycles. The number of anilines is 1. The van der Waals surface area contributed by atoms with Crippen molar-refractivity contribution in [2.75, 3.05) is 11.9 Å². The molecule has 5 heteroatoms. The van der Waals surface area contributed by atoms with Gasteiger partial charge >= 0.3 is 0 Å². The summed E-state index contributed by atoms with van der Waals surface area (Å²) < 4.78 is 4.95. The average Bonchev–Trinajstić information content (AvgIpc) is 2.96. The maximum absolute atomic E-state index is 12.2. The van der Waals surface area contributed by atoms with Crippen molar-refractivity contribution in [3.05, 3.63) is 47.3 Å². The lowest BCUT2D eigenvalue weighted by atomic mass is 10.1. The number of hydrogen-bond acceptors (Lipinski definition) is 4. The van der Waals surface area contributed by atoms with Gasteiger partial charge in [0.05, 0.1) is 18.3 Å². The van der Waals surface area contributed by atoms with Gasteiger partial charge in [-0.2, -0.15) is 0 Å². The normalized spacial score (nSPS) is 10.3. The Bertz CT molecular complexity index is 565. The van der Waals surface area contributed by atoms with Crippen LogP contribution in [0.3, 0.4) is 0 Å². The van der Waals surface area contributed by atoms with Crippen LogP contribution in [0.4, 0.5) is 5.69 Å². The van der Waals surface area contributed by atoms with Crippen molar-refractivity contribution < 1.29 is 9.32 Å². The highest BCUT2D eigenvalue weighted by molar-refractivity contribution is 5.99. The maximum Gasteiger partial charge on any atom is 0.253 e. The molecule has 1 aromatic heterocycles. The smallest absolute Gasteiger partial charge is 0.253 e. The van der Waals surface area contributed by atoms with Gasteiger partial charge in [0.2, 0.25) is 0 Å². The van der Waals surface area contributed by atoms with Gasteiger partial charge in [0.25, 0.3) is 5.91 Å². The van der Waals surface area contributed by atoms with Crippen molar-refractivity contribution in [3.8, 4) is 0 Å². The number of carbonyl (C=O) groups excluding carboxylic acids is 1. The van der Waals surface area contributed by atoms with E-state index in [0.29, 0.717) is 17.9 Å². The molecule has 0 fully saturated rings. The van der Waals surface area contributed by atoms with Gasteiger partial charge in [-0.25, -0.2) is 0 Å². The summed E-state index contributed by atoms with van der Waals surface area (Å²) in [5, 5.41) is 9.71. The van der Waals surface area contributed by atoms with E-state index < -0.39 is 0 Å². The Hall–Kier alpha value is -2.30. The zero-order valence-electron chi connectivity index (χ0n) is 11.8. The second-order valence-corrected chi connectivity index (χ2v) is 4.64. The molecule has 0 unspecified atom stereocenters. The molecule has 5 nitrogen and oxygen atoms in total. The fraction of sp³-hybridized carbons (Fsp3) is 0.333. The summed E-state index contributed by atoms with van der Waals surface area (Å²) in [6.07, 6.45) is 2.56. The number of rotatable bonds is 6. The lowest BCUT2D eigenvalue weighted by Crippen LogP contribution is -2.24. The fourth-order valence-corrected chi connectivity index (χ4v) is 1.86. The van der Waals surface area contributed by atoms with Crippen LogP contribution >= 0.6 is 0 Å². The molecule has 20 heavy (non-hydrogen) atoms. The van der Waals surface area contributed by atoms with E-state index in [1.54, 1.807) is 12.3 Å². The van der Waals surface area contributed by atoms with Gasteiger partial charge in [-0.15, -0.1) is 0 Å². The summed E-state index contributed by atoms with van der Waals surface area (Å²) in [5.41, 5.74) is 2.63. The van der Waals surface area contributed by atoms with Gasteiger partial charge in [0.15, 0.2) is 5.76 Å². The van der Waals surface area contributed by atoms with E-state index in [0.717, 1.165) is 24.2 Å². The molecule has 0 radical (unpaired) electrons. The Balaban J connectivity index is 2.07. The van der Waals surface area contributed by atoms with Crippen molar-refractivity contribution in [1.29, 1.82) is 0 Å². The summed E-state index contributed by atoms with van der Waals surface area (Å²) >= 11 is 0. The van der Waals surface area contributed by atoms with E-state index in [1.165, 1.54) is 0 Å². The second-order valence-electron chi connectivity index (χ2n) is 4.64. The number of amides is 1. The second kappa shape index (κ2) is 6.75. The lowest BCUT2D eigenvalue weighted by Gasteiger charge is -2.12. The molecule has 1 amide bonds. The first-order chi connectivity index (χ1) is 9.70. The molecule has 0 bridgehead atoms. The number of aromatic nitrogens is 1. The third-order valence-electron chi connectivity index (χ3n) is 2.90. The van der Waals surface area contributed by atoms with E-state index in [1.807, 2.05) is 25.1 Å². The molecule has 0 saturated carbocycles. The fourth-order valence-electron chi connectivity index (χ4n) is 1.86. The molecule has 0 aliphatic rings. The molecule has 1 aromatic carbocycles. The van der Waals surface area contributed by atoms with Crippen molar-refractivity contribution in [2.45, 2.75) is 26.8 Å². The van der Waals surface area contributed by atoms with Crippen molar-refractivity contribution >= 4 is 11.6 Å². The largest absolute Gasteiger partial charge is 0.384 e. The Morgan fingerprint density at radius 3 is 2.90 bits per heavy atom. The predicted octanol–water partition coefficient (Wildman–Crippen LogP) is 2.73. The van der Waals surface area contributed by atoms with Crippen LogP contribution in [0.5, 0.6) is 0 Å². The molecule has 0 atom stereocenters. The third-order valence-corrected chi connectivity index (χ3v) is 2.90. The number of nitrogens with zero attached hydrogens (tertiary/aromatic N) is 1. The Morgan fingerprint density at radius 2 is 2.20 bits per heavy atom. The van der Waals surface area contributed by atoms with Crippen LogP contribution in [0.2, 0.25) is 0 Å². The first kappa shape index (κ1) is 14.1. The van der Waals surface area contributed by atoms with E-state index in [4.69, 9.17) is 4.52 Å². The Labute approximate surface area is 118 Å². The number of benzene rings is 1. The minimum atomic E-state index is -0.125. The third kappa shape index (κ3) is 3.60. The zero-order valence-corrected chi connectivity index (χ0v) is 11.8. The first-order valence-corrected chi connectivity index (χ1v) is 6.73.